The van der Waals surface area contributed by atoms with Gasteiger partial charge in [0.25, 0.3) is 0 Å². The average Bonchev–Trinajstić information content (AvgIpc) is 2.11. The highest BCUT2D eigenvalue weighted by Gasteiger charge is 2.04. The van der Waals surface area contributed by atoms with Crippen LogP contribution in [-0.4, -0.2) is 29.4 Å². The number of carbonyl (C=O) groups is 3. The summed E-state index contributed by atoms with van der Waals surface area (Å²) < 4.78 is 4.60. The Kier molecular flexibility index (Phi) is 7.23. The molecular weight excluding hydrogens is 200 g/mol. The van der Waals surface area contributed by atoms with Gasteiger partial charge in [-0.3, -0.25) is 14.4 Å². The topological polar surface area (TPSA) is 80.7 Å². The van der Waals surface area contributed by atoms with E-state index < -0.39 is 11.9 Å². The van der Waals surface area contributed by atoms with E-state index in [9.17, 15) is 14.4 Å². The minimum Gasteiger partial charge on any atom is -0.481 e. The number of aliphatic carboxylic acids is 1. The van der Waals surface area contributed by atoms with E-state index in [2.05, 4.69) is 4.74 Å². The first kappa shape index (κ1) is 13.6. The second kappa shape index (κ2) is 7.96. The van der Waals surface area contributed by atoms with Crippen molar-refractivity contribution in [2.24, 2.45) is 0 Å². The third-order valence-corrected chi connectivity index (χ3v) is 1.78. The predicted octanol–water partition coefficient (Wildman–Crippen LogP) is 1.15. The number of carbonyl (C=O) groups excluding carboxylic acids is 2. The molecule has 1 N–H and O–H groups in total. The molecule has 0 saturated heterocycles. The van der Waals surface area contributed by atoms with Gasteiger partial charge in [0, 0.05) is 26.2 Å². The van der Waals surface area contributed by atoms with E-state index in [4.69, 9.17) is 5.11 Å². The molecule has 0 aliphatic heterocycles. The molecule has 5 heteroatoms. The molecule has 0 aliphatic carbocycles. The Morgan fingerprint density at radius 2 is 1.67 bits per heavy atom. The number of ketones is 1. The molecule has 0 radical (unpaired) electrons. The smallest absolute Gasteiger partial charge is 0.303 e. The van der Waals surface area contributed by atoms with Crippen LogP contribution in [0, 0.1) is 0 Å². The lowest BCUT2D eigenvalue weighted by molar-refractivity contribution is -0.142. The number of rotatable bonds is 8. The summed E-state index contributed by atoms with van der Waals surface area (Å²) in [6, 6.07) is 0. The number of esters is 1. The van der Waals surface area contributed by atoms with Gasteiger partial charge in [-0.05, 0) is 12.8 Å². The van der Waals surface area contributed by atoms with Gasteiger partial charge in [-0.1, -0.05) is 0 Å². The Hall–Kier alpha value is -1.39. The standard InChI is InChI=1S/C10H16O5/c1-8(11)15-7-6-9(12)4-2-3-5-10(13)14/h2-7H2,1H3,(H,13,14). The van der Waals surface area contributed by atoms with Crippen LogP contribution in [-0.2, 0) is 19.1 Å². The molecule has 0 heterocycles. The number of unbranched alkanes of at least 4 members (excludes halogenated alkanes) is 1. The minimum absolute atomic E-state index is 0.00152. The van der Waals surface area contributed by atoms with Crippen molar-refractivity contribution >= 4 is 17.7 Å². The molecule has 0 atom stereocenters. The lowest BCUT2D eigenvalue weighted by Crippen LogP contribution is -2.07. The molecule has 86 valence electrons. The molecule has 0 bridgehead atoms. The van der Waals surface area contributed by atoms with Crippen LogP contribution < -0.4 is 0 Å². The van der Waals surface area contributed by atoms with Gasteiger partial charge in [-0.2, -0.15) is 0 Å². The van der Waals surface area contributed by atoms with Gasteiger partial charge < -0.3 is 9.84 Å². The highest BCUT2D eigenvalue weighted by molar-refractivity contribution is 5.78. The average molecular weight is 216 g/mol. The van der Waals surface area contributed by atoms with Crippen molar-refractivity contribution in [2.45, 2.75) is 39.0 Å². The van der Waals surface area contributed by atoms with Crippen molar-refractivity contribution in [3.05, 3.63) is 0 Å². The van der Waals surface area contributed by atoms with Gasteiger partial charge in [-0.15, -0.1) is 0 Å². The predicted molar refractivity (Wildman–Crippen MR) is 52.4 cm³/mol. The zero-order valence-electron chi connectivity index (χ0n) is 8.82. The lowest BCUT2D eigenvalue weighted by Gasteiger charge is -2.01. The summed E-state index contributed by atoms with van der Waals surface area (Å²) in [6.07, 6.45) is 1.75. The highest BCUT2D eigenvalue weighted by Crippen LogP contribution is 2.02. The summed E-state index contributed by atoms with van der Waals surface area (Å²) in [6.45, 7) is 1.41. The Balaban J connectivity index is 3.33. The summed E-state index contributed by atoms with van der Waals surface area (Å²) in [5, 5.41) is 8.34. The maximum absolute atomic E-state index is 11.1. The molecule has 5 nitrogen and oxygen atoms in total. The number of Topliss-reactive ketones (excluding diaryl/α,β-unsaturated/α-hetero) is 1. The normalized spacial score (nSPS) is 9.67. The van der Waals surface area contributed by atoms with Crippen LogP contribution in [0.4, 0.5) is 0 Å². The van der Waals surface area contributed by atoms with E-state index >= 15 is 0 Å². The maximum atomic E-state index is 11.1. The van der Waals surface area contributed by atoms with Crippen LogP contribution in [0.2, 0.25) is 0 Å². The fourth-order valence-corrected chi connectivity index (χ4v) is 1.03. The van der Waals surface area contributed by atoms with Gasteiger partial charge in [0.2, 0.25) is 0 Å². The summed E-state index contributed by atoms with van der Waals surface area (Å²) in [5.74, 6) is -1.24. The quantitative estimate of drug-likeness (QED) is 0.486. The van der Waals surface area contributed by atoms with E-state index in [0.29, 0.717) is 19.3 Å². The largest absolute Gasteiger partial charge is 0.481 e. The number of hydrogen-bond donors (Lipinski definition) is 1. The number of hydrogen-bond acceptors (Lipinski definition) is 4. The first-order chi connectivity index (χ1) is 7.02. The van der Waals surface area contributed by atoms with E-state index in [1.807, 2.05) is 0 Å². The first-order valence-electron chi connectivity index (χ1n) is 4.89. The maximum Gasteiger partial charge on any atom is 0.303 e. The monoisotopic (exact) mass is 216 g/mol. The highest BCUT2D eigenvalue weighted by atomic mass is 16.5. The third-order valence-electron chi connectivity index (χ3n) is 1.78. The molecule has 15 heavy (non-hydrogen) atoms. The number of ether oxygens (including phenoxy) is 1. The van der Waals surface area contributed by atoms with E-state index in [0.717, 1.165) is 0 Å². The number of carboxylic acid groups (broad SMARTS) is 1. The fourth-order valence-electron chi connectivity index (χ4n) is 1.03. The van der Waals surface area contributed by atoms with Crippen molar-refractivity contribution in [3.8, 4) is 0 Å². The second-order valence-corrected chi connectivity index (χ2v) is 3.23. The van der Waals surface area contributed by atoms with Crippen LogP contribution in [0.25, 0.3) is 0 Å². The molecule has 0 unspecified atom stereocenters. The molecule has 0 saturated carbocycles. The second-order valence-electron chi connectivity index (χ2n) is 3.23. The van der Waals surface area contributed by atoms with Gasteiger partial charge in [-0.25, -0.2) is 0 Å². The SMILES string of the molecule is CC(=O)OCCC(=O)CCCCC(=O)O. The van der Waals surface area contributed by atoms with Crippen molar-refractivity contribution in [3.63, 3.8) is 0 Å². The Bertz CT molecular complexity index is 234. The van der Waals surface area contributed by atoms with Crippen LogP contribution in [0.3, 0.4) is 0 Å². The van der Waals surface area contributed by atoms with Crippen molar-refractivity contribution < 1.29 is 24.2 Å². The Morgan fingerprint density at radius 3 is 2.20 bits per heavy atom. The van der Waals surface area contributed by atoms with Crippen molar-refractivity contribution in [2.75, 3.05) is 6.61 Å². The molecule has 0 aromatic rings. The third kappa shape index (κ3) is 10.5. The van der Waals surface area contributed by atoms with Crippen LogP contribution in [0.1, 0.15) is 39.0 Å². The summed E-state index contributed by atoms with van der Waals surface area (Å²) >= 11 is 0. The van der Waals surface area contributed by atoms with Crippen molar-refractivity contribution in [1.29, 1.82) is 0 Å². The molecule has 0 spiro atoms. The van der Waals surface area contributed by atoms with Crippen LogP contribution in [0.5, 0.6) is 0 Å². The molecule has 0 amide bonds. The minimum atomic E-state index is -0.845. The van der Waals surface area contributed by atoms with E-state index in [1.54, 1.807) is 0 Å². The van der Waals surface area contributed by atoms with Gasteiger partial charge >= 0.3 is 11.9 Å². The van der Waals surface area contributed by atoms with Crippen molar-refractivity contribution in [1.82, 2.24) is 0 Å². The molecule has 0 rings (SSSR count). The van der Waals surface area contributed by atoms with Gasteiger partial charge in [0.05, 0.1) is 6.61 Å². The summed E-state index contributed by atoms with van der Waals surface area (Å²) in [7, 11) is 0. The first-order valence-corrected chi connectivity index (χ1v) is 4.89. The zero-order valence-corrected chi connectivity index (χ0v) is 8.82. The lowest BCUT2D eigenvalue weighted by atomic mass is 10.1. The molecule has 0 aromatic carbocycles. The Morgan fingerprint density at radius 1 is 1.07 bits per heavy atom. The van der Waals surface area contributed by atoms with Gasteiger partial charge in [0.15, 0.2) is 0 Å². The summed E-state index contributed by atoms with van der Waals surface area (Å²) in [5.41, 5.74) is 0. The van der Waals surface area contributed by atoms with E-state index in [-0.39, 0.29) is 25.2 Å². The molecule has 0 aromatic heterocycles. The fraction of sp³-hybridized carbons (Fsp3) is 0.700. The molecular formula is C10H16O5. The van der Waals surface area contributed by atoms with Gasteiger partial charge in [0.1, 0.15) is 5.78 Å². The summed E-state index contributed by atoms with van der Waals surface area (Å²) in [4.78, 5) is 31.6. The zero-order chi connectivity index (χ0) is 11.7. The van der Waals surface area contributed by atoms with Crippen LogP contribution >= 0.6 is 0 Å². The number of carboxylic acids is 1. The van der Waals surface area contributed by atoms with E-state index in [1.165, 1.54) is 6.92 Å². The molecule has 0 aliphatic rings. The van der Waals surface area contributed by atoms with Crippen LogP contribution in [0.15, 0.2) is 0 Å². The Labute approximate surface area is 88.4 Å². The molecule has 0 fully saturated rings.